The smallest absolute Gasteiger partial charge is 0.407 e. The first kappa shape index (κ1) is 29.3. The summed E-state index contributed by atoms with van der Waals surface area (Å²) in [6, 6.07) is 5.28. The summed E-state index contributed by atoms with van der Waals surface area (Å²) < 4.78 is 40.5. The molecular formula is C26H40N4O5S2. The van der Waals surface area contributed by atoms with Crippen LogP contribution in [-0.2, 0) is 14.8 Å². The number of hydrogen-bond donors (Lipinski definition) is 3. The maximum absolute atomic E-state index is 13.4. The molecule has 0 atom stereocenters. The molecule has 9 nitrogen and oxygen atoms in total. The SMILES string of the molecule is CNCCOc1ccc(-c2cnc(C3CCC(NC(=O)OC(C)C)CC3)s2)c(S(=O)(=O)NC(C)(C)C)c1. The van der Waals surface area contributed by atoms with Crippen LogP contribution in [0.2, 0.25) is 0 Å². The summed E-state index contributed by atoms with van der Waals surface area (Å²) in [7, 11) is -1.98. The summed E-state index contributed by atoms with van der Waals surface area (Å²) in [5, 5.41) is 6.95. The molecule has 1 saturated carbocycles. The summed E-state index contributed by atoms with van der Waals surface area (Å²) in [6.07, 6.45) is 4.74. The fourth-order valence-electron chi connectivity index (χ4n) is 4.25. The van der Waals surface area contributed by atoms with Gasteiger partial charge in [-0.25, -0.2) is 22.9 Å². The van der Waals surface area contributed by atoms with Gasteiger partial charge in [-0.3, -0.25) is 0 Å². The molecule has 0 spiro atoms. The fourth-order valence-corrected chi connectivity index (χ4v) is 7.09. The minimum Gasteiger partial charge on any atom is -0.492 e. The van der Waals surface area contributed by atoms with Crippen LogP contribution in [0.4, 0.5) is 4.79 Å². The number of likely N-dealkylation sites (N-methyl/N-ethyl adjacent to an activating group) is 1. The van der Waals surface area contributed by atoms with E-state index in [9.17, 15) is 13.2 Å². The Hall–Kier alpha value is -2.21. The van der Waals surface area contributed by atoms with Crippen LogP contribution < -0.4 is 20.1 Å². The highest BCUT2D eigenvalue weighted by Crippen LogP contribution is 2.40. The number of carbonyl (C=O) groups is 1. The van der Waals surface area contributed by atoms with E-state index in [1.165, 1.54) is 11.3 Å². The predicted octanol–water partition coefficient (Wildman–Crippen LogP) is 4.65. The highest BCUT2D eigenvalue weighted by Gasteiger charge is 2.29. The molecule has 3 N–H and O–H groups in total. The average molecular weight is 553 g/mol. The van der Waals surface area contributed by atoms with E-state index in [0.29, 0.717) is 24.5 Å². The van der Waals surface area contributed by atoms with Crippen molar-refractivity contribution in [2.75, 3.05) is 20.2 Å². The average Bonchev–Trinajstić information content (AvgIpc) is 3.28. The molecule has 37 heavy (non-hydrogen) atoms. The molecule has 1 aromatic carbocycles. The van der Waals surface area contributed by atoms with Crippen molar-refractivity contribution >= 4 is 27.5 Å². The number of nitrogens with zero attached hydrogens (tertiary/aromatic N) is 1. The quantitative estimate of drug-likeness (QED) is 0.367. The Morgan fingerprint density at radius 3 is 2.51 bits per heavy atom. The topological polar surface area (TPSA) is 119 Å². The van der Waals surface area contributed by atoms with Crippen LogP contribution in [-0.4, -0.2) is 57.4 Å². The van der Waals surface area contributed by atoms with Crippen molar-refractivity contribution in [3.05, 3.63) is 29.4 Å². The molecule has 1 aliphatic carbocycles. The number of thiazole rings is 1. The van der Waals surface area contributed by atoms with Crippen LogP contribution in [0.1, 0.15) is 71.2 Å². The van der Waals surface area contributed by atoms with Gasteiger partial charge in [-0.05, 0) is 79.5 Å². The van der Waals surface area contributed by atoms with Gasteiger partial charge in [0, 0.05) is 41.9 Å². The van der Waals surface area contributed by atoms with Crippen LogP contribution in [0, 0.1) is 0 Å². The van der Waals surface area contributed by atoms with Crippen molar-refractivity contribution in [1.29, 1.82) is 0 Å². The number of benzene rings is 1. The van der Waals surface area contributed by atoms with Gasteiger partial charge in [0.15, 0.2) is 0 Å². The van der Waals surface area contributed by atoms with Crippen LogP contribution in [0.25, 0.3) is 10.4 Å². The normalized spacial score (nSPS) is 18.6. The Labute approximate surface area is 224 Å². The van der Waals surface area contributed by atoms with E-state index in [2.05, 4.69) is 20.3 Å². The van der Waals surface area contributed by atoms with Gasteiger partial charge in [-0.1, -0.05) is 0 Å². The molecule has 0 radical (unpaired) electrons. The molecule has 0 bridgehead atoms. The molecule has 0 saturated heterocycles. The lowest BCUT2D eigenvalue weighted by atomic mass is 9.86. The first-order chi connectivity index (χ1) is 17.4. The molecule has 1 heterocycles. The highest BCUT2D eigenvalue weighted by molar-refractivity contribution is 7.89. The first-order valence-corrected chi connectivity index (χ1v) is 15.1. The number of sulfonamides is 1. The van der Waals surface area contributed by atoms with E-state index in [0.717, 1.165) is 35.6 Å². The molecular weight excluding hydrogens is 512 g/mol. The van der Waals surface area contributed by atoms with Crippen molar-refractivity contribution in [2.45, 2.75) is 88.8 Å². The van der Waals surface area contributed by atoms with Crippen LogP contribution in [0.5, 0.6) is 5.75 Å². The minimum atomic E-state index is -3.81. The number of alkyl carbamates (subject to hydrolysis) is 1. The van der Waals surface area contributed by atoms with E-state index in [4.69, 9.17) is 9.47 Å². The van der Waals surface area contributed by atoms with Crippen molar-refractivity contribution in [1.82, 2.24) is 20.3 Å². The van der Waals surface area contributed by atoms with Crippen LogP contribution in [0.15, 0.2) is 29.3 Å². The van der Waals surface area contributed by atoms with Crippen LogP contribution >= 0.6 is 11.3 Å². The van der Waals surface area contributed by atoms with E-state index >= 15 is 0 Å². The van der Waals surface area contributed by atoms with Gasteiger partial charge in [0.25, 0.3) is 0 Å². The Morgan fingerprint density at radius 1 is 1.19 bits per heavy atom. The number of rotatable bonds is 10. The first-order valence-electron chi connectivity index (χ1n) is 12.8. The number of carbonyl (C=O) groups excluding carboxylic acids is 1. The molecule has 1 aliphatic rings. The minimum absolute atomic E-state index is 0.0950. The van der Waals surface area contributed by atoms with Crippen molar-refractivity contribution < 1.29 is 22.7 Å². The molecule has 206 valence electrons. The van der Waals surface area contributed by atoms with Gasteiger partial charge in [-0.2, -0.15) is 0 Å². The largest absolute Gasteiger partial charge is 0.492 e. The lowest BCUT2D eigenvalue weighted by Crippen LogP contribution is -2.40. The third kappa shape index (κ3) is 8.66. The number of hydrogen-bond acceptors (Lipinski definition) is 8. The third-order valence-corrected chi connectivity index (χ3v) is 8.83. The predicted molar refractivity (Wildman–Crippen MR) is 147 cm³/mol. The standard InChI is InChI=1S/C26H40N4O5S2/c1-17(2)35-25(31)29-19-9-7-18(8-10-19)24-28-16-22(36-24)21-12-11-20(34-14-13-27-6)15-23(21)37(32,33)30-26(3,4)5/h11-12,15-19,27,30H,7-10,13-14H2,1-6H3,(H,29,31). The Bertz CT molecular complexity index is 1150. The zero-order valence-corrected chi connectivity index (χ0v) is 24.2. The Kier molecular flexibility index (Phi) is 9.96. The van der Waals surface area contributed by atoms with Gasteiger partial charge >= 0.3 is 6.09 Å². The summed E-state index contributed by atoms with van der Waals surface area (Å²) in [4.78, 5) is 17.6. The number of ether oxygens (including phenoxy) is 2. The zero-order valence-electron chi connectivity index (χ0n) is 22.6. The summed E-state index contributed by atoms with van der Waals surface area (Å²) >= 11 is 1.53. The third-order valence-electron chi connectivity index (χ3n) is 5.83. The van der Waals surface area contributed by atoms with Crippen molar-refractivity contribution in [3.8, 4) is 16.2 Å². The lowest BCUT2D eigenvalue weighted by molar-refractivity contribution is 0.109. The van der Waals surface area contributed by atoms with E-state index < -0.39 is 15.6 Å². The second-order valence-corrected chi connectivity index (χ2v) is 13.4. The molecule has 1 amide bonds. The van der Waals surface area contributed by atoms with Crippen molar-refractivity contribution in [3.63, 3.8) is 0 Å². The van der Waals surface area contributed by atoms with Gasteiger partial charge in [0.1, 0.15) is 12.4 Å². The zero-order chi connectivity index (χ0) is 27.2. The molecule has 11 heteroatoms. The Morgan fingerprint density at radius 2 is 1.89 bits per heavy atom. The van der Waals surface area contributed by atoms with E-state index in [1.54, 1.807) is 24.4 Å². The van der Waals surface area contributed by atoms with Crippen molar-refractivity contribution in [2.24, 2.45) is 0 Å². The second-order valence-electron chi connectivity index (χ2n) is 10.7. The summed E-state index contributed by atoms with van der Waals surface area (Å²) in [5.74, 6) is 0.773. The lowest BCUT2D eigenvalue weighted by Gasteiger charge is -2.28. The second kappa shape index (κ2) is 12.6. The maximum atomic E-state index is 13.4. The molecule has 2 aromatic rings. The molecule has 3 rings (SSSR count). The summed E-state index contributed by atoms with van der Waals surface area (Å²) in [6.45, 7) is 10.2. The summed E-state index contributed by atoms with van der Waals surface area (Å²) in [5.41, 5.74) is -0.0279. The van der Waals surface area contributed by atoms with Gasteiger partial charge in [0.2, 0.25) is 10.0 Å². The van der Waals surface area contributed by atoms with Gasteiger partial charge < -0.3 is 20.1 Å². The molecule has 1 aromatic heterocycles. The highest BCUT2D eigenvalue weighted by atomic mass is 32.2. The fraction of sp³-hybridized carbons (Fsp3) is 0.615. The number of aromatic nitrogens is 1. The van der Waals surface area contributed by atoms with E-state index in [-0.39, 0.29) is 29.1 Å². The van der Waals surface area contributed by atoms with E-state index in [1.807, 2.05) is 41.7 Å². The number of nitrogens with one attached hydrogen (secondary N) is 3. The molecule has 0 unspecified atom stereocenters. The van der Waals surface area contributed by atoms with Gasteiger partial charge in [-0.15, -0.1) is 11.3 Å². The maximum Gasteiger partial charge on any atom is 0.407 e. The number of amides is 1. The van der Waals surface area contributed by atoms with Crippen LogP contribution in [0.3, 0.4) is 0 Å². The monoisotopic (exact) mass is 552 g/mol. The van der Waals surface area contributed by atoms with Gasteiger partial charge in [0.05, 0.1) is 20.9 Å². The molecule has 0 aliphatic heterocycles. The molecule has 1 fully saturated rings. The Balaban J connectivity index is 1.79.